The van der Waals surface area contributed by atoms with Gasteiger partial charge in [-0.05, 0) is 18.9 Å². The fourth-order valence-electron chi connectivity index (χ4n) is 2.20. The zero-order valence-electron chi connectivity index (χ0n) is 11.6. The van der Waals surface area contributed by atoms with Crippen LogP contribution in [0, 0.1) is 0 Å². The van der Waals surface area contributed by atoms with Crippen molar-refractivity contribution in [3.8, 4) is 0 Å². The Labute approximate surface area is 122 Å². The van der Waals surface area contributed by atoms with Crippen molar-refractivity contribution in [3.63, 3.8) is 0 Å². The van der Waals surface area contributed by atoms with E-state index in [1.807, 2.05) is 0 Å². The molecule has 0 saturated carbocycles. The highest BCUT2D eigenvalue weighted by molar-refractivity contribution is 5.13. The molecule has 2 aromatic rings. The maximum Gasteiger partial charge on any atom is 0.173 e. The van der Waals surface area contributed by atoms with Crippen molar-refractivity contribution in [2.24, 2.45) is 0 Å². The van der Waals surface area contributed by atoms with Gasteiger partial charge in [-0.15, -0.1) is 0 Å². The lowest BCUT2D eigenvalue weighted by Crippen LogP contribution is -3.00. The van der Waals surface area contributed by atoms with E-state index >= 15 is 0 Å². The molecule has 0 aliphatic rings. The normalized spacial score (nSPS) is 9.95. The highest BCUT2D eigenvalue weighted by Gasteiger charge is 2.03. The first-order valence-corrected chi connectivity index (χ1v) is 6.90. The van der Waals surface area contributed by atoms with Gasteiger partial charge >= 0.3 is 0 Å². The second kappa shape index (κ2) is 8.71. The molecule has 0 atom stereocenters. The Morgan fingerprint density at radius 2 is 1.63 bits per heavy atom. The van der Waals surface area contributed by atoms with Crippen LogP contribution in [0.2, 0.25) is 0 Å². The second-order valence-electron chi connectivity index (χ2n) is 4.83. The van der Waals surface area contributed by atoms with Crippen LogP contribution in [0.15, 0.2) is 54.9 Å². The lowest BCUT2D eigenvalue weighted by molar-refractivity contribution is -0.688. The maximum atomic E-state index is 2.28. The smallest absolute Gasteiger partial charge is 0.173 e. The molecule has 1 nitrogen and oxygen atoms in total. The molecule has 2 rings (SSSR count). The SMILES string of the molecule is CCCCCc1ccc[n+](Cc2ccccc2)c1.[Cl-]. The Morgan fingerprint density at radius 3 is 2.37 bits per heavy atom. The van der Waals surface area contributed by atoms with Crippen LogP contribution in [-0.4, -0.2) is 0 Å². The summed E-state index contributed by atoms with van der Waals surface area (Å²) < 4.78 is 2.27. The number of hydrogen-bond acceptors (Lipinski definition) is 0. The van der Waals surface area contributed by atoms with Crippen LogP contribution in [0.5, 0.6) is 0 Å². The van der Waals surface area contributed by atoms with Crippen LogP contribution < -0.4 is 17.0 Å². The molecule has 102 valence electrons. The summed E-state index contributed by atoms with van der Waals surface area (Å²) in [6.45, 7) is 3.21. The summed E-state index contributed by atoms with van der Waals surface area (Å²) in [5.74, 6) is 0. The van der Waals surface area contributed by atoms with E-state index in [0.717, 1.165) is 6.54 Å². The summed E-state index contributed by atoms with van der Waals surface area (Å²) >= 11 is 0. The van der Waals surface area contributed by atoms with Crippen molar-refractivity contribution in [2.45, 2.75) is 39.2 Å². The Hall–Kier alpha value is -1.34. The van der Waals surface area contributed by atoms with Crippen molar-refractivity contribution in [3.05, 3.63) is 66.0 Å². The molecule has 2 heteroatoms. The molecular formula is C17H22ClN. The highest BCUT2D eigenvalue weighted by Crippen LogP contribution is 2.04. The average molecular weight is 276 g/mol. The molecule has 1 heterocycles. The Balaban J connectivity index is 0.00000180. The average Bonchev–Trinajstić information content (AvgIpc) is 2.41. The summed E-state index contributed by atoms with van der Waals surface area (Å²) in [6, 6.07) is 15.0. The van der Waals surface area contributed by atoms with Crippen LogP contribution in [-0.2, 0) is 13.0 Å². The van der Waals surface area contributed by atoms with E-state index in [-0.39, 0.29) is 12.4 Å². The highest BCUT2D eigenvalue weighted by atomic mass is 35.5. The van der Waals surface area contributed by atoms with E-state index in [1.54, 1.807) is 0 Å². The number of rotatable bonds is 6. The van der Waals surface area contributed by atoms with Gasteiger partial charge < -0.3 is 12.4 Å². The largest absolute Gasteiger partial charge is 1.00 e. The molecule has 1 aromatic heterocycles. The quantitative estimate of drug-likeness (QED) is 0.541. The van der Waals surface area contributed by atoms with Crippen molar-refractivity contribution in [1.29, 1.82) is 0 Å². The molecular weight excluding hydrogens is 254 g/mol. The van der Waals surface area contributed by atoms with Crippen molar-refractivity contribution < 1.29 is 17.0 Å². The molecule has 1 aromatic carbocycles. The van der Waals surface area contributed by atoms with E-state index in [1.165, 1.54) is 36.8 Å². The third-order valence-electron chi connectivity index (χ3n) is 3.20. The number of nitrogens with zero attached hydrogens (tertiary/aromatic N) is 1. The van der Waals surface area contributed by atoms with E-state index in [9.17, 15) is 0 Å². The van der Waals surface area contributed by atoms with Gasteiger partial charge in [-0.2, -0.15) is 0 Å². The van der Waals surface area contributed by atoms with Crippen LogP contribution in [0.3, 0.4) is 0 Å². The predicted molar refractivity (Wildman–Crippen MR) is 75.4 cm³/mol. The standard InChI is InChI=1S/C17H22N.ClH/c1-2-3-5-9-17-12-8-13-18(15-17)14-16-10-6-4-7-11-16;/h4,6-8,10-13,15H,2-3,5,9,14H2,1H3;1H/q+1;/p-1. The van der Waals surface area contributed by atoms with E-state index in [2.05, 4.69) is 66.3 Å². The third-order valence-corrected chi connectivity index (χ3v) is 3.20. The van der Waals surface area contributed by atoms with Crippen molar-refractivity contribution in [2.75, 3.05) is 0 Å². The second-order valence-corrected chi connectivity index (χ2v) is 4.83. The first kappa shape index (κ1) is 15.7. The van der Waals surface area contributed by atoms with Crippen LogP contribution in [0.25, 0.3) is 0 Å². The van der Waals surface area contributed by atoms with Crippen LogP contribution >= 0.6 is 0 Å². The van der Waals surface area contributed by atoms with Gasteiger partial charge in [0.25, 0.3) is 0 Å². The molecule has 0 fully saturated rings. The molecule has 0 saturated heterocycles. The fraction of sp³-hybridized carbons (Fsp3) is 0.353. The minimum atomic E-state index is 0. The first-order chi connectivity index (χ1) is 8.88. The molecule has 0 bridgehead atoms. The molecule has 0 unspecified atom stereocenters. The fourth-order valence-corrected chi connectivity index (χ4v) is 2.20. The Morgan fingerprint density at radius 1 is 0.895 bits per heavy atom. The van der Waals surface area contributed by atoms with E-state index in [0.29, 0.717) is 0 Å². The number of benzene rings is 1. The number of halogens is 1. The first-order valence-electron chi connectivity index (χ1n) is 6.90. The minimum absolute atomic E-state index is 0. The van der Waals surface area contributed by atoms with Crippen molar-refractivity contribution in [1.82, 2.24) is 0 Å². The Bertz CT molecular complexity index is 468. The summed E-state index contributed by atoms with van der Waals surface area (Å²) in [5, 5.41) is 0. The monoisotopic (exact) mass is 275 g/mol. The molecule has 0 radical (unpaired) electrons. The molecule has 0 amide bonds. The van der Waals surface area contributed by atoms with Gasteiger partial charge in [0, 0.05) is 17.2 Å². The number of hydrogen-bond donors (Lipinski definition) is 0. The molecule has 0 spiro atoms. The predicted octanol–water partition coefficient (Wildman–Crippen LogP) is 0.759. The summed E-state index contributed by atoms with van der Waals surface area (Å²) in [6.07, 6.45) is 9.54. The van der Waals surface area contributed by atoms with Gasteiger partial charge in [0.05, 0.1) is 0 Å². The van der Waals surface area contributed by atoms with Gasteiger partial charge in [-0.25, -0.2) is 4.57 Å². The van der Waals surface area contributed by atoms with Gasteiger partial charge in [0.15, 0.2) is 18.9 Å². The summed E-state index contributed by atoms with van der Waals surface area (Å²) in [4.78, 5) is 0. The van der Waals surface area contributed by atoms with Crippen molar-refractivity contribution >= 4 is 0 Å². The zero-order valence-corrected chi connectivity index (χ0v) is 12.3. The minimum Gasteiger partial charge on any atom is -1.00 e. The van der Waals surface area contributed by atoms with Gasteiger partial charge in [0.2, 0.25) is 0 Å². The van der Waals surface area contributed by atoms with Crippen LogP contribution in [0.4, 0.5) is 0 Å². The summed E-state index contributed by atoms with van der Waals surface area (Å²) in [7, 11) is 0. The molecule has 0 aliphatic carbocycles. The number of unbranched alkanes of at least 4 members (excludes halogenated alkanes) is 2. The third kappa shape index (κ3) is 5.44. The van der Waals surface area contributed by atoms with E-state index < -0.39 is 0 Å². The van der Waals surface area contributed by atoms with E-state index in [4.69, 9.17) is 0 Å². The molecule has 19 heavy (non-hydrogen) atoms. The lowest BCUT2D eigenvalue weighted by Gasteiger charge is -2.01. The zero-order chi connectivity index (χ0) is 12.6. The van der Waals surface area contributed by atoms with Crippen LogP contribution in [0.1, 0.15) is 37.3 Å². The Kier molecular flexibility index (Phi) is 7.20. The number of aromatic nitrogens is 1. The van der Waals surface area contributed by atoms with Gasteiger partial charge in [0.1, 0.15) is 0 Å². The molecule has 0 N–H and O–H groups in total. The lowest BCUT2D eigenvalue weighted by atomic mass is 10.1. The van der Waals surface area contributed by atoms with Gasteiger partial charge in [-0.1, -0.05) is 50.1 Å². The molecule has 0 aliphatic heterocycles. The summed E-state index contributed by atoms with van der Waals surface area (Å²) in [5.41, 5.74) is 2.80. The number of aryl methyl sites for hydroxylation is 1. The topological polar surface area (TPSA) is 3.88 Å². The maximum absolute atomic E-state index is 2.28. The van der Waals surface area contributed by atoms with Gasteiger partial charge in [-0.3, -0.25) is 0 Å². The number of pyridine rings is 1.